The van der Waals surface area contributed by atoms with Crippen LogP contribution in [0, 0.1) is 0 Å². The third-order valence-electron chi connectivity index (χ3n) is 1.66. The number of ether oxygens (including phenoxy) is 1. The van der Waals surface area contributed by atoms with Crippen molar-refractivity contribution in [3.8, 4) is 5.75 Å². The molecule has 1 aromatic rings. The minimum atomic E-state index is -3.70. The highest BCUT2D eigenvalue weighted by Gasteiger charge is 2.12. The summed E-state index contributed by atoms with van der Waals surface area (Å²) in [6.07, 6.45) is 0. The molecule has 0 bridgehead atoms. The fourth-order valence-electron chi connectivity index (χ4n) is 0.951. The third kappa shape index (κ3) is 3.81. The lowest BCUT2D eigenvalue weighted by Gasteiger charge is -2.08. The Morgan fingerprint density at radius 2 is 2.19 bits per heavy atom. The number of rotatable bonds is 4. The SMILES string of the molecule is C=C(C)COc1ccc(S(=O)(=O)Cl)cc1Br. The molecule has 0 aromatic heterocycles. The number of hydrogen-bond acceptors (Lipinski definition) is 3. The monoisotopic (exact) mass is 324 g/mol. The van der Waals surface area contributed by atoms with E-state index in [1.54, 1.807) is 6.07 Å². The smallest absolute Gasteiger partial charge is 0.261 e. The van der Waals surface area contributed by atoms with Gasteiger partial charge >= 0.3 is 0 Å². The molecule has 6 heteroatoms. The van der Waals surface area contributed by atoms with Gasteiger partial charge in [-0.1, -0.05) is 6.58 Å². The summed E-state index contributed by atoms with van der Waals surface area (Å²) < 4.78 is 28.0. The van der Waals surface area contributed by atoms with Crippen molar-refractivity contribution in [1.29, 1.82) is 0 Å². The van der Waals surface area contributed by atoms with E-state index in [-0.39, 0.29) is 4.90 Å². The Morgan fingerprint density at radius 1 is 1.56 bits per heavy atom. The Bertz CT molecular complexity index is 511. The van der Waals surface area contributed by atoms with E-state index < -0.39 is 9.05 Å². The Morgan fingerprint density at radius 3 is 2.62 bits per heavy atom. The van der Waals surface area contributed by atoms with Crippen LogP contribution in [0.2, 0.25) is 0 Å². The van der Waals surface area contributed by atoms with Crippen molar-refractivity contribution in [3.63, 3.8) is 0 Å². The van der Waals surface area contributed by atoms with Gasteiger partial charge in [0.1, 0.15) is 12.4 Å². The van der Waals surface area contributed by atoms with Gasteiger partial charge in [-0.3, -0.25) is 0 Å². The molecule has 0 aliphatic heterocycles. The largest absolute Gasteiger partial charge is 0.488 e. The maximum Gasteiger partial charge on any atom is 0.261 e. The molecule has 1 aromatic carbocycles. The number of halogens is 2. The van der Waals surface area contributed by atoms with Crippen LogP contribution in [0.4, 0.5) is 0 Å². The van der Waals surface area contributed by atoms with Crippen LogP contribution in [0.5, 0.6) is 5.75 Å². The molecule has 1 rings (SSSR count). The van der Waals surface area contributed by atoms with E-state index in [2.05, 4.69) is 22.5 Å². The van der Waals surface area contributed by atoms with Crippen molar-refractivity contribution in [3.05, 3.63) is 34.8 Å². The van der Waals surface area contributed by atoms with Gasteiger partial charge in [0.05, 0.1) is 9.37 Å². The fourth-order valence-corrected chi connectivity index (χ4v) is 2.37. The number of hydrogen-bond donors (Lipinski definition) is 0. The van der Waals surface area contributed by atoms with Crippen molar-refractivity contribution in [2.24, 2.45) is 0 Å². The molecule has 0 atom stereocenters. The molecular formula is C10H10BrClO3S. The van der Waals surface area contributed by atoms with Crippen molar-refractivity contribution in [1.82, 2.24) is 0 Å². The van der Waals surface area contributed by atoms with Gasteiger partial charge in [0.25, 0.3) is 9.05 Å². The minimum Gasteiger partial charge on any atom is -0.488 e. The average Bonchev–Trinajstić information content (AvgIpc) is 2.14. The molecule has 0 saturated heterocycles. The van der Waals surface area contributed by atoms with Crippen molar-refractivity contribution in [2.75, 3.05) is 6.61 Å². The summed E-state index contributed by atoms with van der Waals surface area (Å²) in [5.41, 5.74) is 0.876. The van der Waals surface area contributed by atoms with Gasteiger partial charge in [0, 0.05) is 10.7 Å². The maximum atomic E-state index is 11.1. The molecule has 0 aliphatic rings. The van der Waals surface area contributed by atoms with Crippen LogP contribution in [0.25, 0.3) is 0 Å². The van der Waals surface area contributed by atoms with Crippen LogP contribution in [-0.4, -0.2) is 15.0 Å². The Kier molecular flexibility index (Phi) is 4.41. The molecule has 0 amide bonds. The second kappa shape index (κ2) is 5.21. The lowest BCUT2D eigenvalue weighted by atomic mass is 10.3. The van der Waals surface area contributed by atoms with Gasteiger partial charge in [-0.15, -0.1) is 0 Å². The van der Waals surface area contributed by atoms with Crippen LogP contribution >= 0.6 is 26.6 Å². The molecule has 0 radical (unpaired) electrons. The first-order valence-electron chi connectivity index (χ1n) is 4.32. The van der Waals surface area contributed by atoms with Crippen molar-refractivity contribution in [2.45, 2.75) is 11.8 Å². The normalized spacial score (nSPS) is 11.2. The zero-order valence-electron chi connectivity index (χ0n) is 8.54. The molecule has 0 aliphatic carbocycles. The van der Waals surface area contributed by atoms with E-state index in [1.807, 2.05) is 6.92 Å². The van der Waals surface area contributed by atoms with E-state index in [0.29, 0.717) is 16.8 Å². The van der Waals surface area contributed by atoms with Gasteiger partial charge in [0.2, 0.25) is 0 Å². The van der Waals surface area contributed by atoms with Crippen molar-refractivity contribution >= 4 is 35.7 Å². The molecule has 88 valence electrons. The highest BCUT2D eigenvalue weighted by molar-refractivity contribution is 9.10. The maximum absolute atomic E-state index is 11.1. The second-order valence-electron chi connectivity index (χ2n) is 3.28. The summed E-state index contributed by atoms with van der Waals surface area (Å²) >= 11 is 3.21. The van der Waals surface area contributed by atoms with Gasteiger partial charge < -0.3 is 4.74 Å². The molecule has 0 unspecified atom stereocenters. The topological polar surface area (TPSA) is 43.4 Å². The molecule has 16 heavy (non-hydrogen) atoms. The summed E-state index contributed by atoms with van der Waals surface area (Å²) in [5, 5.41) is 0. The third-order valence-corrected chi connectivity index (χ3v) is 3.63. The second-order valence-corrected chi connectivity index (χ2v) is 6.70. The summed E-state index contributed by atoms with van der Waals surface area (Å²) in [4.78, 5) is 0.0312. The Balaban J connectivity index is 2.96. The standard InChI is InChI=1S/C10H10BrClO3S/c1-7(2)6-15-10-4-3-8(5-9(10)11)16(12,13)14/h3-5H,1,6H2,2H3. The molecule has 3 nitrogen and oxygen atoms in total. The predicted octanol–water partition coefficient (Wildman–Crippen LogP) is 3.33. The molecule has 0 fully saturated rings. The zero-order valence-corrected chi connectivity index (χ0v) is 11.7. The quantitative estimate of drug-likeness (QED) is 0.630. The highest BCUT2D eigenvalue weighted by atomic mass is 79.9. The van der Waals surface area contributed by atoms with Gasteiger partial charge in [-0.2, -0.15) is 0 Å². The van der Waals surface area contributed by atoms with Crippen molar-refractivity contribution < 1.29 is 13.2 Å². The Hall–Kier alpha value is -0.520. The summed E-state index contributed by atoms with van der Waals surface area (Å²) in [6.45, 7) is 5.92. The van der Waals surface area contributed by atoms with Crippen LogP contribution in [0.1, 0.15) is 6.92 Å². The molecular weight excluding hydrogens is 316 g/mol. The molecule has 0 N–H and O–H groups in total. The van der Waals surface area contributed by atoms with E-state index in [4.69, 9.17) is 15.4 Å². The predicted molar refractivity (Wildman–Crippen MR) is 67.5 cm³/mol. The van der Waals surface area contributed by atoms with Crippen LogP contribution in [0.15, 0.2) is 39.7 Å². The van der Waals surface area contributed by atoms with E-state index in [1.165, 1.54) is 12.1 Å². The fraction of sp³-hybridized carbons (Fsp3) is 0.200. The van der Waals surface area contributed by atoms with E-state index >= 15 is 0 Å². The highest BCUT2D eigenvalue weighted by Crippen LogP contribution is 2.29. The lowest BCUT2D eigenvalue weighted by Crippen LogP contribution is -1.99. The van der Waals surface area contributed by atoms with Gasteiger partial charge in [-0.05, 0) is 46.6 Å². The number of benzene rings is 1. The van der Waals surface area contributed by atoms with Gasteiger partial charge in [-0.25, -0.2) is 8.42 Å². The van der Waals surface area contributed by atoms with Crippen LogP contribution in [0.3, 0.4) is 0 Å². The first kappa shape index (κ1) is 13.5. The summed E-state index contributed by atoms with van der Waals surface area (Å²) in [7, 11) is 1.50. The Labute approximate surface area is 108 Å². The lowest BCUT2D eigenvalue weighted by molar-refractivity contribution is 0.350. The molecule has 0 saturated carbocycles. The average molecular weight is 326 g/mol. The molecule has 0 heterocycles. The van der Waals surface area contributed by atoms with Crippen LogP contribution in [-0.2, 0) is 9.05 Å². The molecule has 0 spiro atoms. The summed E-state index contributed by atoms with van der Waals surface area (Å²) in [5.74, 6) is 0.548. The first-order valence-corrected chi connectivity index (χ1v) is 7.42. The van der Waals surface area contributed by atoms with Crippen LogP contribution < -0.4 is 4.74 Å². The van der Waals surface area contributed by atoms with E-state index in [0.717, 1.165) is 5.57 Å². The van der Waals surface area contributed by atoms with E-state index in [9.17, 15) is 8.42 Å². The zero-order chi connectivity index (χ0) is 12.3. The summed E-state index contributed by atoms with van der Waals surface area (Å²) in [6, 6.07) is 4.33. The van der Waals surface area contributed by atoms with Gasteiger partial charge in [0.15, 0.2) is 0 Å². The first-order chi connectivity index (χ1) is 7.30. The minimum absolute atomic E-state index is 0.0312.